The molecule has 0 aliphatic rings. The first-order chi connectivity index (χ1) is 9.28. The molecular weight excluding hydrogens is 254 g/mol. The largest absolute Gasteiger partial charge is 0.398 e. The molecule has 0 fully saturated rings. The van der Waals surface area contributed by atoms with Gasteiger partial charge in [-0.05, 0) is 24.5 Å². The van der Waals surface area contributed by atoms with E-state index < -0.39 is 0 Å². The molecule has 94 valence electrons. The lowest BCUT2D eigenvalue weighted by molar-refractivity contribution is 1.23. The van der Waals surface area contributed by atoms with Crippen LogP contribution in [0.5, 0.6) is 0 Å². The minimum absolute atomic E-state index is 0.746. The third kappa shape index (κ3) is 2.27. The van der Waals surface area contributed by atoms with E-state index in [2.05, 4.69) is 16.0 Å². The molecule has 4 heteroatoms. The van der Waals surface area contributed by atoms with Crippen LogP contribution < -0.4 is 5.73 Å². The molecule has 0 atom stereocenters. The Balaban J connectivity index is 2.19. The number of aromatic nitrogens is 2. The highest BCUT2D eigenvalue weighted by Crippen LogP contribution is 2.27. The Morgan fingerprint density at radius 2 is 1.95 bits per heavy atom. The fourth-order valence-corrected chi connectivity index (χ4v) is 2.43. The van der Waals surface area contributed by atoms with Gasteiger partial charge in [0.05, 0.1) is 11.2 Å². The number of rotatable bonds is 2. The van der Waals surface area contributed by atoms with E-state index in [9.17, 15) is 0 Å². The van der Waals surface area contributed by atoms with Crippen LogP contribution in [0.1, 0.15) is 0 Å². The summed E-state index contributed by atoms with van der Waals surface area (Å²) in [5, 5.41) is 0.986. The third-order valence-electron chi connectivity index (χ3n) is 2.99. The Kier molecular flexibility index (Phi) is 3.09. The van der Waals surface area contributed by atoms with Crippen LogP contribution in [-0.2, 0) is 0 Å². The number of para-hydroxylation sites is 1. The van der Waals surface area contributed by atoms with Gasteiger partial charge in [0, 0.05) is 33.9 Å². The lowest BCUT2D eigenvalue weighted by atomic mass is 10.1. The fraction of sp³-hybridized carbons (Fsp3) is 0.0667. The summed E-state index contributed by atoms with van der Waals surface area (Å²) >= 11 is 1.66. The van der Waals surface area contributed by atoms with Crippen molar-refractivity contribution in [3.8, 4) is 11.3 Å². The summed E-state index contributed by atoms with van der Waals surface area (Å²) in [5.74, 6) is 0. The van der Waals surface area contributed by atoms with Crippen LogP contribution in [0.3, 0.4) is 0 Å². The van der Waals surface area contributed by atoms with Crippen LogP contribution in [0.2, 0.25) is 0 Å². The van der Waals surface area contributed by atoms with Gasteiger partial charge in [0.1, 0.15) is 0 Å². The summed E-state index contributed by atoms with van der Waals surface area (Å²) in [4.78, 5) is 10.0. The number of hydrogen-bond donors (Lipinski definition) is 1. The van der Waals surface area contributed by atoms with Gasteiger partial charge in [-0.25, -0.2) is 4.98 Å². The van der Waals surface area contributed by atoms with E-state index in [1.807, 2.05) is 49.0 Å². The monoisotopic (exact) mass is 267 g/mol. The van der Waals surface area contributed by atoms with Crippen molar-refractivity contribution in [1.29, 1.82) is 0 Å². The molecule has 0 saturated heterocycles. The standard InChI is InChI=1S/C15H13N3S/c1-19-11-6-10(8-17-9-11)15-7-13(16)12-4-2-3-5-14(12)18-15/h2-9H,1H3,(H2,16,18). The summed E-state index contributed by atoms with van der Waals surface area (Å²) in [5.41, 5.74) is 9.60. The first kappa shape index (κ1) is 12.0. The van der Waals surface area contributed by atoms with Crippen LogP contribution in [-0.4, -0.2) is 16.2 Å². The number of anilines is 1. The van der Waals surface area contributed by atoms with E-state index in [0.29, 0.717) is 0 Å². The number of nitrogens with zero attached hydrogens (tertiary/aromatic N) is 2. The number of pyridine rings is 2. The van der Waals surface area contributed by atoms with E-state index in [1.165, 1.54) is 0 Å². The van der Waals surface area contributed by atoms with Gasteiger partial charge in [0.25, 0.3) is 0 Å². The van der Waals surface area contributed by atoms with Gasteiger partial charge < -0.3 is 5.73 Å². The second-order valence-electron chi connectivity index (χ2n) is 4.23. The quantitative estimate of drug-likeness (QED) is 0.721. The summed E-state index contributed by atoms with van der Waals surface area (Å²) in [6.07, 6.45) is 5.69. The summed E-state index contributed by atoms with van der Waals surface area (Å²) in [7, 11) is 0. The van der Waals surface area contributed by atoms with Crippen molar-refractivity contribution >= 4 is 28.4 Å². The van der Waals surface area contributed by atoms with E-state index in [0.717, 1.165) is 32.7 Å². The molecule has 0 radical (unpaired) electrons. The van der Waals surface area contributed by atoms with Gasteiger partial charge in [-0.3, -0.25) is 4.98 Å². The number of nitrogens with two attached hydrogens (primary N) is 1. The molecule has 0 aliphatic heterocycles. The van der Waals surface area contributed by atoms with Crippen LogP contribution in [0.15, 0.2) is 53.7 Å². The van der Waals surface area contributed by atoms with Gasteiger partial charge in [-0.2, -0.15) is 0 Å². The number of hydrogen-bond acceptors (Lipinski definition) is 4. The minimum atomic E-state index is 0.746. The van der Waals surface area contributed by atoms with Crippen molar-refractivity contribution < 1.29 is 0 Å². The smallest absolute Gasteiger partial charge is 0.0746 e. The maximum Gasteiger partial charge on any atom is 0.0746 e. The molecule has 0 saturated carbocycles. The Morgan fingerprint density at radius 3 is 2.79 bits per heavy atom. The summed E-state index contributed by atoms with van der Waals surface area (Å²) in [6, 6.07) is 11.9. The molecule has 2 aromatic heterocycles. The second kappa shape index (κ2) is 4.90. The van der Waals surface area contributed by atoms with Gasteiger partial charge in [0.2, 0.25) is 0 Å². The molecule has 19 heavy (non-hydrogen) atoms. The number of benzene rings is 1. The first-order valence-corrected chi connectivity index (χ1v) is 7.15. The molecule has 3 nitrogen and oxygen atoms in total. The molecule has 0 spiro atoms. The van der Waals surface area contributed by atoms with Crippen molar-refractivity contribution in [3.05, 3.63) is 48.8 Å². The number of fused-ring (bicyclic) bond motifs is 1. The highest BCUT2D eigenvalue weighted by atomic mass is 32.2. The van der Waals surface area contributed by atoms with Crippen LogP contribution in [0.4, 0.5) is 5.69 Å². The Hall–Kier alpha value is -2.07. The maximum atomic E-state index is 6.10. The summed E-state index contributed by atoms with van der Waals surface area (Å²) < 4.78 is 0. The van der Waals surface area contributed by atoms with Crippen molar-refractivity contribution in [3.63, 3.8) is 0 Å². The van der Waals surface area contributed by atoms with Crippen LogP contribution in [0.25, 0.3) is 22.2 Å². The maximum absolute atomic E-state index is 6.10. The van der Waals surface area contributed by atoms with E-state index in [1.54, 1.807) is 11.8 Å². The Labute approximate surface area is 115 Å². The van der Waals surface area contributed by atoms with Gasteiger partial charge in [-0.15, -0.1) is 11.8 Å². The van der Waals surface area contributed by atoms with Crippen LogP contribution in [0, 0.1) is 0 Å². The third-order valence-corrected chi connectivity index (χ3v) is 3.69. The molecule has 0 aliphatic carbocycles. The zero-order valence-corrected chi connectivity index (χ0v) is 11.3. The van der Waals surface area contributed by atoms with E-state index >= 15 is 0 Å². The first-order valence-electron chi connectivity index (χ1n) is 5.92. The van der Waals surface area contributed by atoms with Gasteiger partial charge in [-0.1, -0.05) is 18.2 Å². The normalized spacial score (nSPS) is 10.8. The molecule has 1 aromatic carbocycles. The predicted molar refractivity (Wildman–Crippen MR) is 81.2 cm³/mol. The molecule has 2 N–H and O–H groups in total. The molecule has 0 unspecified atom stereocenters. The lowest BCUT2D eigenvalue weighted by Gasteiger charge is -2.07. The molecular formula is C15H13N3S. The van der Waals surface area contributed by atoms with Gasteiger partial charge >= 0.3 is 0 Å². The predicted octanol–water partition coefficient (Wildman–Crippen LogP) is 3.60. The summed E-state index contributed by atoms with van der Waals surface area (Å²) in [6.45, 7) is 0. The molecule has 2 heterocycles. The molecule has 0 amide bonds. The molecule has 0 bridgehead atoms. The number of thioether (sulfide) groups is 1. The lowest BCUT2D eigenvalue weighted by Crippen LogP contribution is -1.93. The highest BCUT2D eigenvalue weighted by Gasteiger charge is 2.06. The second-order valence-corrected chi connectivity index (χ2v) is 5.11. The Bertz CT molecular complexity index is 740. The number of nitrogen functional groups attached to an aromatic ring is 1. The van der Waals surface area contributed by atoms with E-state index in [4.69, 9.17) is 5.73 Å². The van der Waals surface area contributed by atoms with Crippen molar-refractivity contribution in [2.45, 2.75) is 4.90 Å². The fourth-order valence-electron chi connectivity index (χ4n) is 2.02. The highest BCUT2D eigenvalue weighted by molar-refractivity contribution is 7.98. The topological polar surface area (TPSA) is 51.8 Å². The van der Waals surface area contributed by atoms with Crippen LogP contribution >= 0.6 is 11.8 Å². The minimum Gasteiger partial charge on any atom is -0.398 e. The van der Waals surface area contributed by atoms with E-state index in [-0.39, 0.29) is 0 Å². The van der Waals surface area contributed by atoms with Gasteiger partial charge in [0.15, 0.2) is 0 Å². The van der Waals surface area contributed by atoms with Crippen molar-refractivity contribution in [2.24, 2.45) is 0 Å². The Morgan fingerprint density at radius 1 is 1.11 bits per heavy atom. The molecule has 3 aromatic rings. The average molecular weight is 267 g/mol. The zero-order chi connectivity index (χ0) is 13.2. The zero-order valence-electron chi connectivity index (χ0n) is 10.5. The van der Waals surface area contributed by atoms with Crippen molar-refractivity contribution in [2.75, 3.05) is 12.0 Å². The van der Waals surface area contributed by atoms with Crippen molar-refractivity contribution in [1.82, 2.24) is 9.97 Å². The molecule has 3 rings (SSSR count). The SMILES string of the molecule is CSc1cncc(-c2cc(N)c3ccccc3n2)c1. The average Bonchev–Trinajstić information content (AvgIpc) is 2.47.